The lowest BCUT2D eigenvalue weighted by Crippen LogP contribution is -2.33. The molecule has 3 rings (SSSR count). The zero-order valence-electron chi connectivity index (χ0n) is 10.9. The number of nitrogens with zero attached hydrogens (tertiary/aromatic N) is 2. The van der Waals surface area contributed by atoms with E-state index in [1.165, 1.54) is 18.9 Å². The summed E-state index contributed by atoms with van der Waals surface area (Å²) in [6, 6.07) is 7.92. The maximum absolute atomic E-state index is 13.7. The van der Waals surface area contributed by atoms with Gasteiger partial charge in [0.1, 0.15) is 5.82 Å². The molecule has 100 valence electrons. The summed E-state index contributed by atoms with van der Waals surface area (Å²) >= 11 is 0. The zero-order chi connectivity index (χ0) is 13.2. The van der Waals surface area contributed by atoms with Crippen LogP contribution < -0.4 is 5.32 Å². The Morgan fingerprint density at radius 2 is 2.21 bits per heavy atom. The van der Waals surface area contributed by atoms with Crippen molar-refractivity contribution in [3.8, 4) is 6.07 Å². The molecule has 1 saturated heterocycles. The van der Waals surface area contributed by atoms with Crippen molar-refractivity contribution >= 4 is 0 Å². The van der Waals surface area contributed by atoms with Crippen molar-refractivity contribution in [1.82, 2.24) is 10.2 Å². The van der Waals surface area contributed by atoms with Crippen molar-refractivity contribution in [2.45, 2.75) is 37.9 Å². The average molecular weight is 259 g/mol. The maximum atomic E-state index is 13.7. The highest BCUT2D eigenvalue weighted by molar-refractivity contribution is 5.32. The molecule has 1 heterocycles. The summed E-state index contributed by atoms with van der Waals surface area (Å²) in [7, 11) is 0. The van der Waals surface area contributed by atoms with Gasteiger partial charge < -0.3 is 5.32 Å². The van der Waals surface area contributed by atoms with E-state index in [2.05, 4.69) is 10.2 Å². The third-order valence-electron chi connectivity index (χ3n) is 4.05. The van der Waals surface area contributed by atoms with Crippen LogP contribution in [0.1, 0.15) is 30.4 Å². The molecular formula is C15H18FN3. The topological polar surface area (TPSA) is 39.1 Å². The van der Waals surface area contributed by atoms with Crippen LogP contribution in [0.2, 0.25) is 0 Å². The van der Waals surface area contributed by atoms with Crippen molar-refractivity contribution in [3.63, 3.8) is 0 Å². The number of hydrogen-bond donors (Lipinski definition) is 1. The van der Waals surface area contributed by atoms with Gasteiger partial charge >= 0.3 is 0 Å². The first-order chi connectivity index (χ1) is 9.26. The molecule has 19 heavy (non-hydrogen) atoms. The molecule has 0 amide bonds. The molecule has 1 N–H and O–H groups in total. The normalized spacial score (nSPS) is 23.5. The Bertz CT molecular complexity index is 505. The van der Waals surface area contributed by atoms with Crippen LogP contribution in [0.15, 0.2) is 18.2 Å². The van der Waals surface area contributed by atoms with Gasteiger partial charge in [0.25, 0.3) is 0 Å². The van der Waals surface area contributed by atoms with E-state index in [-0.39, 0.29) is 5.82 Å². The number of halogens is 1. The second-order valence-corrected chi connectivity index (χ2v) is 5.51. The number of hydrogen-bond acceptors (Lipinski definition) is 3. The van der Waals surface area contributed by atoms with E-state index in [1.807, 2.05) is 6.07 Å². The lowest BCUT2D eigenvalue weighted by Gasteiger charge is -2.16. The molecule has 2 aliphatic rings. The SMILES string of the molecule is N#Cc1ccc(CNC2CCN(C3CC3)C2)c(F)c1. The van der Waals surface area contributed by atoms with Crippen molar-refractivity contribution in [2.24, 2.45) is 0 Å². The molecule has 1 saturated carbocycles. The molecule has 2 fully saturated rings. The van der Waals surface area contributed by atoms with Gasteiger partial charge in [-0.2, -0.15) is 5.26 Å². The van der Waals surface area contributed by atoms with E-state index < -0.39 is 0 Å². The Kier molecular flexibility index (Phi) is 3.50. The average Bonchev–Trinajstić information content (AvgIpc) is 3.17. The molecule has 1 aromatic carbocycles. The molecule has 0 radical (unpaired) electrons. The second kappa shape index (κ2) is 5.28. The van der Waals surface area contributed by atoms with Gasteiger partial charge in [-0.3, -0.25) is 4.90 Å². The molecule has 1 aliphatic heterocycles. The van der Waals surface area contributed by atoms with Gasteiger partial charge in [0.2, 0.25) is 0 Å². The number of benzene rings is 1. The van der Waals surface area contributed by atoms with Gasteiger partial charge in [0.05, 0.1) is 11.6 Å². The van der Waals surface area contributed by atoms with Crippen molar-refractivity contribution < 1.29 is 4.39 Å². The van der Waals surface area contributed by atoms with E-state index in [1.54, 1.807) is 12.1 Å². The molecule has 1 aliphatic carbocycles. The van der Waals surface area contributed by atoms with Crippen LogP contribution in [0.4, 0.5) is 4.39 Å². The van der Waals surface area contributed by atoms with Crippen LogP contribution in [0.25, 0.3) is 0 Å². The first kappa shape index (κ1) is 12.6. The van der Waals surface area contributed by atoms with Gasteiger partial charge in [-0.15, -0.1) is 0 Å². The van der Waals surface area contributed by atoms with E-state index in [9.17, 15) is 4.39 Å². The van der Waals surface area contributed by atoms with E-state index in [0.29, 0.717) is 23.7 Å². The Labute approximate surface area is 113 Å². The maximum Gasteiger partial charge on any atom is 0.129 e. The van der Waals surface area contributed by atoms with E-state index in [0.717, 1.165) is 25.6 Å². The highest BCUT2D eigenvalue weighted by atomic mass is 19.1. The molecule has 1 atom stereocenters. The van der Waals surface area contributed by atoms with Gasteiger partial charge in [0.15, 0.2) is 0 Å². The molecular weight excluding hydrogens is 241 g/mol. The third-order valence-corrected chi connectivity index (χ3v) is 4.05. The van der Waals surface area contributed by atoms with Crippen LogP contribution >= 0.6 is 0 Å². The zero-order valence-corrected chi connectivity index (χ0v) is 10.9. The molecule has 1 unspecified atom stereocenters. The van der Waals surface area contributed by atoms with E-state index in [4.69, 9.17) is 5.26 Å². The Balaban J connectivity index is 1.53. The smallest absolute Gasteiger partial charge is 0.129 e. The summed E-state index contributed by atoms with van der Waals surface area (Å²) in [5.74, 6) is -0.288. The molecule has 0 aromatic heterocycles. The summed E-state index contributed by atoms with van der Waals surface area (Å²) in [5, 5.41) is 12.1. The second-order valence-electron chi connectivity index (χ2n) is 5.51. The van der Waals surface area contributed by atoms with Gasteiger partial charge in [0, 0.05) is 37.3 Å². The molecule has 1 aromatic rings. The van der Waals surface area contributed by atoms with Crippen molar-refractivity contribution in [3.05, 3.63) is 35.1 Å². The number of nitriles is 1. The Morgan fingerprint density at radius 3 is 2.89 bits per heavy atom. The fraction of sp³-hybridized carbons (Fsp3) is 0.533. The Morgan fingerprint density at radius 1 is 1.37 bits per heavy atom. The minimum Gasteiger partial charge on any atom is -0.308 e. The largest absolute Gasteiger partial charge is 0.308 e. The summed E-state index contributed by atoms with van der Waals surface area (Å²) in [4.78, 5) is 2.53. The lowest BCUT2D eigenvalue weighted by molar-refractivity contribution is 0.317. The fourth-order valence-corrected chi connectivity index (χ4v) is 2.74. The standard InChI is InChI=1S/C15H18FN3/c16-15-7-11(8-17)1-2-12(15)9-18-13-5-6-19(10-13)14-3-4-14/h1-2,7,13-14,18H,3-6,9-10H2. The predicted molar refractivity (Wildman–Crippen MR) is 71.0 cm³/mol. The van der Waals surface area contributed by atoms with Crippen molar-refractivity contribution in [2.75, 3.05) is 13.1 Å². The van der Waals surface area contributed by atoms with Crippen LogP contribution in [-0.2, 0) is 6.54 Å². The number of nitrogens with one attached hydrogen (secondary N) is 1. The monoisotopic (exact) mass is 259 g/mol. The predicted octanol–water partition coefficient (Wildman–Crippen LogP) is 2.02. The number of rotatable bonds is 4. The highest BCUT2D eigenvalue weighted by Crippen LogP contribution is 2.29. The first-order valence-corrected chi connectivity index (χ1v) is 6.92. The summed E-state index contributed by atoms with van der Waals surface area (Å²) in [5.41, 5.74) is 1.02. The lowest BCUT2D eigenvalue weighted by atomic mass is 10.1. The summed E-state index contributed by atoms with van der Waals surface area (Å²) < 4.78 is 13.7. The molecule has 3 nitrogen and oxygen atoms in total. The Hall–Kier alpha value is -1.44. The van der Waals surface area contributed by atoms with Gasteiger partial charge in [-0.1, -0.05) is 6.07 Å². The highest BCUT2D eigenvalue weighted by Gasteiger charge is 2.34. The van der Waals surface area contributed by atoms with Crippen LogP contribution in [0.3, 0.4) is 0 Å². The van der Waals surface area contributed by atoms with Crippen molar-refractivity contribution in [1.29, 1.82) is 5.26 Å². The quantitative estimate of drug-likeness (QED) is 0.899. The number of likely N-dealkylation sites (tertiary alicyclic amines) is 1. The van der Waals surface area contributed by atoms with Crippen LogP contribution in [0.5, 0.6) is 0 Å². The molecule has 0 spiro atoms. The summed E-state index contributed by atoms with van der Waals surface area (Å²) in [6.45, 7) is 2.79. The minimum absolute atomic E-state index is 0.288. The first-order valence-electron chi connectivity index (χ1n) is 6.92. The molecule has 0 bridgehead atoms. The van der Waals surface area contributed by atoms with E-state index >= 15 is 0 Å². The van der Waals surface area contributed by atoms with Gasteiger partial charge in [-0.05, 0) is 31.4 Å². The fourth-order valence-electron chi connectivity index (χ4n) is 2.74. The van der Waals surface area contributed by atoms with Crippen LogP contribution in [-0.4, -0.2) is 30.1 Å². The van der Waals surface area contributed by atoms with Crippen LogP contribution in [0, 0.1) is 17.1 Å². The molecule has 4 heteroatoms. The summed E-state index contributed by atoms with van der Waals surface area (Å²) in [6.07, 6.45) is 3.84. The minimum atomic E-state index is -0.288. The third kappa shape index (κ3) is 2.94. The van der Waals surface area contributed by atoms with Gasteiger partial charge in [-0.25, -0.2) is 4.39 Å².